The van der Waals surface area contributed by atoms with Gasteiger partial charge in [0.2, 0.25) is 0 Å². The molecule has 1 fully saturated rings. The van der Waals surface area contributed by atoms with Gasteiger partial charge in [0.15, 0.2) is 0 Å². The Bertz CT molecular complexity index is 386. The first kappa shape index (κ1) is 12.9. The number of hydrogen-bond donors (Lipinski definition) is 1. The molecule has 17 heavy (non-hydrogen) atoms. The van der Waals surface area contributed by atoms with E-state index in [-0.39, 0.29) is 5.91 Å². The summed E-state index contributed by atoms with van der Waals surface area (Å²) in [4.78, 5) is 14.8. The van der Waals surface area contributed by atoms with Crippen LogP contribution in [0.3, 0.4) is 0 Å². The van der Waals surface area contributed by atoms with E-state index in [0.29, 0.717) is 15.9 Å². The van der Waals surface area contributed by atoms with E-state index in [4.69, 9.17) is 11.6 Å². The second-order valence-electron chi connectivity index (χ2n) is 4.35. The van der Waals surface area contributed by atoms with Crippen LogP contribution >= 0.6 is 22.9 Å². The van der Waals surface area contributed by atoms with Crippen LogP contribution in [0.15, 0.2) is 11.4 Å². The molecule has 1 unspecified atom stereocenters. The van der Waals surface area contributed by atoms with Crippen LogP contribution in [0, 0.1) is 0 Å². The molecule has 0 spiro atoms. The van der Waals surface area contributed by atoms with E-state index < -0.39 is 0 Å². The number of carbonyl (C=O) groups excluding carboxylic acids is 1. The van der Waals surface area contributed by atoms with Crippen LogP contribution in [0.2, 0.25) is 5.02 Å². The Balaban J connectivity index is 2.06. The van der Waals surface area contributed by atoms with Crippen LogP contribution in [0.5, 0.6) is 0 Å². The molecule has 0 aromatic carbocycles. The number of halogens is 1. The fourth-order valence-electron chi connectivity index (χ4n) is 2.16. The largest absolute Gasteiger partial charge is 0.338 e. The molecule has 5 heteroatoms. The van der Waals surface area contributed by atoms with Crippen molar-refractivity contribution in [2.24, 2.45) is 0 Å². The molecule has 3 nitrogen and oxygen atoms in total. The smallest absolute Gasteiger partial charge is 0.265 e. The quantitative estimate of drug-likeness (QED) is 0.898. The van der Waals surface area contributed by atoms with E-state index in [1.165, 1.54) is 11.3 Å². The molecule has 1 atom stereocenters. The molecule has 0 aliphatic carbocycles. The molecule has 0 saturated carbocycles. The molecule has 1 aliphatic heterocycles. The summed E-state index contributed by atoms with van der Waals surface area (Å²) in [6.45, 7) is 2.04. The first-order valence-corrected chi connectivity index (χ1v) is 7.17. The molecule has 0 bridgehead atoms. The molecule has 0 radical (unpaired) electrons. The van der Waals surface area contributed by atoms with Crippen LogP contribution < -0.4 is 5.32 Å². The molecular weight excluding hydrogens is 256 g/mol. The van der Waals surface area contributed by atoms with Gasteiger partial charge in [0.05, 0.1) is 5.02 Å². The maximum absolute atomic E-state index is 12.3. The van der Waals surface area contributed by atoms with E-state index in [0.717, 1.165) is 32.4 Å². The van der Waals surface area contributed by atoms with Gasteiger partial charge in [-0.05, 0) is 43.8 Å². The summed E-state index contributed by atoms with van der Waals surface area (Å²) in [6.07, 6.45) is 3.21. The molecule has 94 valence electrons. The molecular formula is C12H17ClN2OS. The second kappa shape index (κ2) is 5.85. The van der Waals surface area contributed by atoms with E-state index in [1.54, 1.807) is 6.07 Å². The Morgan fingerprint density at radius 3 is 3.06 bits per heavy atom. The first-order chi connectivity index (χ1) is 8.20. The number of thiophene rings is 1. The standard InChI is InChI=1S/C12H17ClN2OS/c1-15(9-3-2-6-14-7-4-9)12(16)11-10(13)5-8-17-11/h5,8-9,14H,2-4,6-7H2,1H3. The van der Waals surface area contributed by atoms with E-state index >= 15 is 0 Å². The molecule has 1 amide bonds. The predicted octanol–water partition coefficient (Wildman–Crippen LogP) is 2.62. The fraction of sp³-hybridized carbons (Fsp3) is 0.583. The maximum atomic E-state index is 12.3. The minimum atomic E-state index is 0.0527. The highest BCUT2D eigenvalue weighted by molar-refractivity contribution is 7.12. The van der Waals surface area contributed by atoms with E-state index in [1.807, 2.05) is 17.3 Å². The van der Waals surface area contributed by atoms with Crippen molar-refractivity contribution in [1.82, 2.24) is 10.2 Å². The first-order valence-electron chi connectivity index (χ1n) is 5.91. The summed E-state index contributed by atoms with van der Waals surface area (Å²) in [6, 6.07) is 2.11. The van der Waals surface area contributed by atoms with Gasteiger partial charge in [0.1, 0.15) is 4.88 Å². The van der Waals surface area contributed by atoms with Crippen LogP contribution in [-0.4, -0.2) is 37.0 Å². The monoisotopic (exact) mass is 272 g/mol. The lowest BCUT2D eigenvalue weighted by molar-refractivity contribution is 0.0725. The zero-order chi connectivity index (χ0) is 12.3. The van der Waals surface area contributed by atoms with Crippen LogP contribution in [0.25, 0.3) is 0 Å². The van der Waals surface area contributed by atoms with Crippen LogP contribution in [0.1, 0.15) is 28.9 Å². The van der Waals surface area contributed by atoms with Gasteiger partial charge in [0.25, 0.3) is 5.91 Å². The lowest BCUT2D eigenvalue weighted by atomic mass is 10.1. The third-order valence-corrected chi connectivity index (χ3v) is 4.55. The number of nitrogens with zero attached hydrogens (tertiary/aromatic N) is 1. The summed E-state index contributed by atoms with van der Waals surface area (Å²) in [5.74, 6) is 0.0527. The van der Waals surface area contributed by atoms with Crippen molar-refractivity contribution >= 4 is 28.8 Å². The van der Waals surface area contributed by atoms with Crippen molar-refractivity contribution in [3.05, 3.63) is 21.3 Å². The second-order valence-corrected chi connectivity index (χ2v) is 5.67. The Morgan fingerprint density at radius 1 is 1.53 bits per heavy atom. The number of nitrogens with one attached hydrogen (secondary N) is 1. The highest BCUT2D eigenvalue weighted by atomic mass is 35.5. The highest BCUT2D eigenvalue weighted by Gasteiger charge is 2.24. The van der Waals surface area contributed by atoms with Gasteiger partial charge in [-0.3, -0.25) is 4.79 Å². The number of rotatable bonds is 2. The molecule has 1 aromatic heterocycles. The molecule has 1 aromatic rings. The van der Waals surface area contributed by atoms with Crippen molar-refractivity contribution in [3.63, 3.8) is 0 Å². The van der Waals surface area contributed by atoms with Crippen molar-refractivity contribution in [2.75, 3.05) is 20.1 Å². The van der Waals surface area contributed by atoms with Crippen LogP contribution in [0.4, 0.5) is 0 Å². The van der Waals surface area contributed by atoms with Crippen molar-refractivity contribution in [3.8, 4) is 0 Å². The van der Waals surface area contributed by atoms with Gasteiger partial charge >= 0.3 is 0 Å². The van der Waals surface area contributed by atoms with E-state index in [9.17, 15) is 4.79 Å². The van der Waals surface area contributed by atoms with Gasteiger partial charge in [-0.1, -0.05) is 11.6 Å². The number of carbonyl (C=O) groups is 1. The summed E-state index contributed by atoms with van der Waals surface area (Å²) in [5, 5.41) is 5.78. The van der Waals surface area contributed by atoms with Gasteiger partial charge < -0.3 is 10.2 Å². The minimum Gasteiger partial charge on any atom is -0.338 e. The Kier molecular flexibility index (Phi) is 4.42. The molecule has 1 aliphatic rings. The SMILES string of the molecule is CN(C(=O)c1sccc1Cl)C1CCCNCC1. The molecule has 2 rings (SSSR count). The third kappa shape index (κ3) is 3.00. The zero-order valence-electron chi connectivity index (χ0n) is 9.91. The predicted molar refractivity (Wildman–Crippen MR) is 71.9 cm³/mol. The lowest BCUT2D eigenvalue weighted by Crippen LogP contribution is -2.37. The van der Waals surface area contributed by atoms with Crippen LogP contribution in [-0.2, 0) is 0 Å². The maximum Gasteiger partial charge on any atom is 0.265 e. The molecule has 2 heterocycles. The lowest BCUT2D eigenvalue weighted by Gasteiger charge is -2.26. The normalized spacial score (nSPS) is 20.9. The average Bonchev–Trinajstić information content (AvgIpc) is 2.60. The molecule has 1 saturated heterocycles. The van der Waals surface area contributed by atoms with Crippen molar-refractivity contribution in [1.29, 1.82) is 0 Å². The van der Waals surface area contributed by atoms with E-state index in [2.05, 4.69) is 5.32 Å². The van der Waals surface area contributed by atoms with Crippen molar-refractivity contribution in [2.45, 2.75) is 25.3 Å². The van der Waals surface area contributed by atoms with Gasteiger partial charge in [0, 0.05) is 13.1 Å². The Hall–Kier alpha value is -0.580. The van der Waals surface area contributed by atoms with Gasteiger partial charge in [-0.15, -0.1) is 11.3 Å². The Morgan fingerprint density at radius 2 is 2.35 bits per heavy atom. The van der Waals surface area contributed by atoms with Gasteiger partial charge in [-0.25, -0.2) is 0 Å². The average molecular weight is 273 g/mol. The highest BCUT2D eigenvalue weighted by Crippen LogP contribution is 2.25. The van der Waals surface area contributed by atoms with Crippen molar-refractivity contribution < 1.29 is 4.79 Å². The summed E-state index contributed by atoms with van der Waals surface area (Å²) in [5.41, 5.74) is 0. The summed E-state index contributed by atoms with van der Waals surface area (Å²) in [7, 11) is 1.88. The summed E-state index contributed by atoms with van der Waals surface area (Å²) >= 11 is 7.42. The number of hydrogen-bond acceptors (Lipinski definition) is 3. The third-order valence-electron chi connectivity index (χ3n) is 3.22. The minimum absolute atomic E-state index is 0.0527. The molecule has 1 N–H and O–H groups in total. The Labute approximate surface area is 111 Å². The number of amides is 1. The summed E-state index contributed by atoms with van der Waals surface area (Å²) < 4.78 is 0. The zero-order valence-corrected chi connectivity index (χ0v) is 11.5. The fourth-order valence-corrected chi connectivity index (χ4v) is 3.28. The van der Waals surface area contributed by atoms with Gasteiger partial charge in [-0.2, -0.15) is 0 Å². The topological polar surface area (TPSA) is 32.3 Å².